The number of nitrogens with zero attached hydrogens (tertiary/aromatic N) is 1. The maximum atomic E-state index is 14.7. The molecule has 7 nitrogen and oxygen atoms in total. The predicted octanol–water partition coefficient (Wildman–Crippen LogP) is 5.50. The Labute approximate surface area is 224 Å². The molecule has 3 N–H and O–H groups in total. The molecule has 9 heteroatoms. The Morgan fingerprint density at radius 1 is 1.14 bits per heavy atom. The van der Waals surface area contributed by atoms with Crippen molar-refractivity contribution in [2.24, 2.45) is 0 Å². The second-order valence-corrected chi connectivity index (χ2v) is 10.7. The molecule has 2 aliphatic rings. The number of nitrogens with one attached hydrogen (secondary N) is 3. The molecule has 1 aliphatic carbocycles. The van der Waals surface area contributed by atoms with Crippen molar-refractivity contribution >= 4 is 23.1 Å². The molecule has 0 amide bonds. The van der Waals surface area contributed by atoms with Crippen LogP contribution in [-0.4, -0.2) is 69.3 Å². The van der Waals surface area contributed by atoms with Crippen LogP contribution in [0.3, 0.4) is 0 Å². The van der Waals surface area contributed by atoms with Gasteiger partial charge in [0.05, 0.1) is 22.9 Å². The summed E-state index contributed by atoms with van der Waals surface area (Å²) in [6.45, 7) is 4.67. The zero-order valence-corrected chi connectivity index (χ0v) is 22.9. The van der Waals surface area contributed by atoms with Gasteiger partial charge in [0.1, 0.15) is 11.6 Å². The number of rotatable bonds is 11. The van der Waals surface area contributed by atoms with Crippen LogP contribution in [0.2, 0.25) is 5.02 Å². The van der Waals surface area contributed by atoms with Crippen molar-refractivity contribution in [2.45, 2.75) is 69.2 Å². The fraction of sp³-hybridized carbons (Fsp3) is 0.607. The average molecular weight is 535 g/mol. The summed E-state index contributed by atoms with van der Waals surface area (Å²) < 4.78 is 31.2. The highest BCUT2D eigenvalue weighted by molar-refractivity contribution is 6.33. The van der Waals surface area contributed by atoms with Gasteiger partial charge >= 0.3 is 0 Å². The van der Waals surface area contributed by atoms with E-state index in [4.69, 9.17) is 25.8 Å². The summed E-state index contributed by atoms with van der Waals surface area (Å²) >= 11 is 6.55. The lowest BCUT2D eigenvalue weighted by Crippen LogP contribution is -2.44. The first-order chi connectivity index (χ1) is 17.9. The topological polar surface area (TPSA) is 76.7 Å². The molecule has 0 unspecified atom stereocenters. The van der Waals surface area contributed by atoms with Crippen LogP contribution in [0.5, 0.6) is 0 Å². The molecule has 1 aliphatic heterocycles. The number of benzene rings is 1. The summed E-state index contributed by atoms with van der Waals surface area (Å²) in [5.41, 5.74) is 1.72. The Balaban J connectivity index is 1.40. The van der Waals surface area contributed by atoms with Crippen LogP contribution in [0, 0.1) is 5.82 Å². The van der Waals surface area contributed by atoms with Gasteiger partial charge in [0.25, 0.3) is 0 Å². The number of aromatic nitrogens is 1. The first-order valence-corrected chi connectivity index (χ1v) is 13.6. The molecule has 1 saturated carbocycles. The van der Waals surface area contributed by atoms with Gasteiger partial charge in [-0.15, -0.1) is 0 Å². The lowest BCUT2D eigenvalue weighted by Gasteiger charge is -2.36. The molecule has 0 radical (unpaired) electrons. The van der Waals surface area contributed by atoms with Gasteiger partial charge in [-0.3, -0.25) is 0 Å². The first kappa shape index (κ1) is 28.0. The largest absolute Gasteiger partial charge is 0.383 e. The normalized spacial score (nSPS) is 22.4. The van der Waals surface area contributed by atoms with E-state index >= 15 is 0 Å². The van der Waals surface area contributed by atoms with Crippen molar-refractivity contribution in [1.82, 2.24) is 10.3 Å². The molecule has 1 aromatic carbocycles. The van der Waals surface area contributed by atoms with Crippen molar-refractivity contribution in [3.05, 3.63) is 41.3 Å². The standard InChI is InChI=1S/C28H40ClFN4O3/c1-19(17-35-2)33-21-5-7-22(8-6-21)34-27-15-23(24(29)16-31-27)20-4-9-25(30)26(14-20)32-18-28(36-3)10-12-37-13-11-28/h4,9,14-16,19,21-22,32-33H,5-8,10-13,17-18H2,1-3H3,(H,31,34)/t19-,21?,22?/m0/s1. The number of halogens is 2. The van der Waals surface area contributed by atoms with E-state index in [9.17, 15) is 4.39 Å². The van der Waals surface area contributed by atoms with Crippen molar-refractivity contribution in [3.63, 3.8) is 0 Å². The number of hydrogen-bond donors (Lipinski definition) is 3. The summed E-state index contributed by atoms with van der Waals surface area (Å²) in [6.07, 6.45) is 7.54. The Morgan fingerprint density at radius 2 is 1.86 bits per heavy atom. The zero-order chi connectivity index (χ0) is 26.3. The van der Waals surface area contributed by atoms with Gasteiger partial charge < -0.3 is 30.2 Å². The molecule has 1 aromatic heterocycles. The van der Waals surface area contributed by atoms with Crippen LogP contribution in [0.4, 0.5) is 15.9 Å². The van der Waals surface area contributed by atoms with Crippen LogP contribution in [0.25, 0.3) is 11.1 Å². The second-order valence-electron chi connectivity index (χ2n) is 10.3. The molecule has 1 atom stereocenters. The number of anilines is 2. The van der Waals surface area contributed by atoms with Crippen molar-refractivity contribution in [2.75, 3.05) is 51.2 Å². The molecule has 2 fully saturated rings. The lowest BCUT2D eigenvalue weighted by molar-refractivity contribution is -0.0807. The van der Waals surface area contributed by atoms with Gasteiger partial charge in [-0.2, -0.15) is 0 Å². The third-order valence-corrected chi connectivity index (χ3v) is 7.89. The highest BCUT2D eigenvalue weighted by atomic mass is 35.5. The van der Waals surface area contributed by atoms with E-state index < -0.39 is 0 Å². The number of methoxy groups -OCH3 is 2. The molecule has 37 heavy (non-hydrogen) atoms. The predicted molar refractivity (Wildman–Crippen MR) is 147 cm³/mol. The average Bonchev–Trinajstić information content (AvgIpc) is 2.91. The molecule has 1 saturated heterocycles. The third-order valence-electron chi connectivity index (χ3n) is 7.59. The molecule has 204 valence electrons. The van der Waals surface area contributed by atoms with E-state index in [1.165, 1.54) is 6.07 Å². The Kier molecular flexibility index (Phi) is 10.0. The van der Waals surface area contributed by atoms with E-state index in [0.717, 1.165) is 62.1 Å². The zero-order valence-electron chi connectivity index (χ0n) is 22.1. The smallest absolute Gasteiger partial charge is 0.146 e. The molecule has 4 rings (SSSR count). The van der Waals surface area contributed by atoms with Gasteiger partial charge in [-0.1, -0.05) is 17.7 Å². The first-order valence-electron chi connectivity index (χ1n) is 13.2. The van der Waals surface area contributed by atoms with E-state index in [2.05, 4.69) is 27.9 Å². The molecule has 0 bridgehead atoms. The lowest BCUT2D eigenvalue weighted by atomic mass is 9.90. The Hall–Kier alpha value is -1.97. The van der Waals surface area contributed by atoms with Crippen LogP contribution >= 0.6 is 11.6 Å². The maximum Gasteiger partial charge on any atom is 0.146 e. The minimum absolute atomic E-state index is 0.309. The van der Waals surface area contributed by atoms with Crippen LogP contribution in [0.1, 0.15) is 45.4 Å². The Bertz CT molecular complexity index is 1010. The van der Waals surface area contributed by atoms with Gasteiger partial charge in [0, 0.05) is 76.7 Å². The quantitative estimate of drug-likeness (QED) is 0.351. The third kappa shape index (κ3) is 7.54. The summed E-state index contributed by atoms with van der Waals surface area (Å²) in [5.74, 6) is 0.471. The van der Waals surface area contributed by atoms with Crippen molar-refractivity contribution in [3.8, 4) is 11.1 Å². The van der Waals surface area contributed by atoms with Crippen LogP contribution in [0.15, 0.2) is 30.5 Å². The number of pyridine rings is 1. The van der Waals surface area contributed by atoms with Gasteiger partial charge in [0.2, 0.25) is 0 Å². The molecule has 2 aromatic rings. The molecular weight excluding hydrogens is 495 g/mol. The number of ether oxygens (including phenoxy) is 3. The number of hydrogen-bond acceptors (Lipinski definition) is 7. The molecule has 2 heterocycles. The second kappa shape index (κ2) is 13.2. The fourth-order valence-corrected chi connectivity index (χ4v) is 5.55. The van der Waals surface area contributed by atoms with Crippen molar-refractivity contribution < 1.29 is 18.6 Å². The van der Waals surface area contributed by atoms with Crippen molar-refractivity contribution in [1.29, 1.82) is 0 Å². The highest BCUT2D eigenvalue weighted by Crippen LogP contribution is 2.33. The maximum absolute atomic E-state index is 14.7. The minimum atomic E-state index is -0.359. The monoisotopic (exact) mass is 534 g/mol. The van der Waals surface area contributed by atoms with Crippen LogP contribution < -0.4 is 16.0 Å². The van der Waals surface area contributed by atoms with E-state index in [1.807, 2.05) is 6.07 Å². The molecular formula is C28H40ClFN4O3. The Morgan fingerprint density at radius 3 is 2.57 bits per heavy atom. The SMILES string of the molecule is COC[C@H](C)NC1CCC(Nc2cc(-c3ccc(F)c(NCC4(OC)CCOCC4)c3)c(Cl)cn2)CC1. The summed E-state index contributed by atoms with van der Waals surface area (Å²) in [4.78, 5) is 4.51. The van der Waals surface area contributed by atoms with E-state index in [-0.39, 0.29) is 11.4 Å². The highest BCUT2D eigenvalue weighted by Gasteiger charge is 2.32. The minimum Gasteiger partial charge on any atom is -0.383 e. The summed E-state index contributed by atoms with van der Waals surface area (Å²) in [5, 5.41) is 11.0. The summed E-state index contributed by atoms with van der Waals surface area (Å²) in [6, 6.07) is 8.22. The van der Waals surface area contributed by atoms with E-state index in [1.54, 1.807) is 32.5 Å². The van der Waals surface area contributed by atoms with Gasteiger partial charge in [-0.25, -0.2) is 9.37 Å². The van der Waals surface area contributed by atoms with Crippen LogP contribution in [-0.2, 0) is 14.2 Å². The van der Waals surface area contributed by atoms with Gasteiger partial charge in [-0.05, 0) is 56.4 Å². The molecule has 0 spiro atoms. The van der Waals surface area contributed by atoms with E-state index in [0.29, 0.717) is 48.6 Å². The van der Waals surface area contributed by atoms with Gasteiger partial charge in [0.15, 0.2) is 0 Å². The summed E-state index contributed by atoms with van der Waals surface area (Å²) in [7, 11) is 3.44. The fourth-order valence-electron chi connectivity index (χ4n) is 5.33.